The van der Waals surface area contributed by atoms with E-state index in [-0.39, 0.29) is 23.6 Å². The van der Waals surface area contributed by atoms with Crippen LogP contribution in [0.5, 0.6) is 0 Å². The molecule has 2 aromatic carbocycles. The molecule has 31 heavy (non-hydrogen) atoms. The lowest BCUT2D eigenvalue weighted by Gasteiger charge is -2.30. The van der Waals surface area contributed by atoms with Crippen LogP contribution in [0.4, 0.5) is 0 Å². The summed E-state index contributed by atoms with van der Waals surface area (Å²) in [7, 11) is 0. The summed E-state index contributed by atoms with van der Waals surface area (Å²) in [6, 6.07) is 12.8. The lowest BCUT2D eigenvalue weighted by atomic mass is 10.1. The minimum Gasteiger partial charge on any atom is -0.352 e. The van der Waals surface area contributed by atoms with Crippen molar-refractivity contribution in [3.05, 3.63) is 69.2 Å². The summed E-state index contributed by atoms with van der Waals surface area (Å²) in [5.74, 6) is 0.631. The molecule has 0 fully saturated rings. The van der Waals surface area contributed by atoms with Gasteiger partial charge in [0.2, 0.25) is 11.8 Å². The lowest BCUT2D eigenvalue weighted by Crippen LogP contribution is -2.50. The predicted molar refractivity (Wildman–Crippen MR) is 132 cm³/mol. The number of aryl methyl sites for hydroxylation is 1. The lowest BCUT2D eigenvalue weighted by molar-refractivity contribution is -0.138. The number of amides is 2. The van der Waals surface area contributed by atoms with Gasteiger partial charge in [0.1, 0.15) is 6.04 Å². The molecule has 4 nitrogen and oxygen atoms in total. The number of benzene rings is 2. The number of hydrogen-bond donors (Lipinski definition) is 1. The Kier molecular flexibility index (Phi) is 10.2. The fraction of sp³-hybridized carbons (Fsp3) is 0.417. The molecule has 168 valence electrons. The molecule has 1 N–H and O–H groups in total. The van der Waals surface area contributed by atoms with E-state index in [9.17, 15) is 9.59 Å². The third kappa shape index (κ3) is 7.74. The molecular formula is C24H30Cl2N2O2S. The van der Waals surface area contributed by atoms with Gasteiger partial charge in [0.05, 0.1) is 5.75 Å². The number of thioether (sulfide) groups is 1. The van der Waals surface area contributed by atoms with Crippen molar-refractivity contribution in [2.75, 3.05) is 5.75 Å². The maximum atomic E-state index is 13.2. The van der Waals surface area contributed by atoms with Crippen molar-refractivity contribution in [2.45, 2.75) is 58.5 Å². The summed E-state index contributed by atoms with van der Waals surface area (Å²) in [6.07, 6.45) is 0.835. The first-order valence-corrected chi connectivity index (χ1v) is 12.3. The number of carbonyl (C=O) groups excluding carboxylic acids is 2. The monoisotopic (exact) mass is 480 g/mol. The molecule has 2 atom stereocenters. The van der Waals surface area contributed by atoms with Crippen molar-refractivity contribution < 1.29 is 9.59 Å². The second-order valence-corrected chi connectivity index (χ2v) is 9.50. The van der Waals surface area contributed by atoms with E-state index in [4.69, 9.17) is 23.2 Å². The number of nitrogens with zero attached hydrogens (tertiary/aromatic N) is 1. The average molecular weight is 481 g/mol. The molecule has 2 aromatic rings. The minimum atomic E-state index is -0.569. The van der Waals surface area contributed by atoms with Crippen LogP contribution in [0.15, 0.2) is 42.5 Å². The molecule has 0 unspecified atom stereocenters. The molecule has 0 spiro atoms. The number of nitrogens with one attached hydrogen (secondary N) is 1. The molecule has 0 aliphatic heterocycles. The van der Waals surface area contributed by atoms with Gasteiger partial charge in [0.25, 0.3) is 0 Å². The molecule has 0 radical (unpaired) electrons. The molecule has 0 aliphatic rings. The molecule has 0 heterocycles. The van der Waals surface area contributed by atoms with Gasteiger partial charge in [-0.05, 0) is 56.0 Å². The van der Waals surface area contributed by atoms with Gasteiger partial charge in [-0.3, -0.25) is 9.59 Å². The summed E-state index contributed by atoms with van der Waals surface area (Å²) in [4.78, 5) is 27.6. The van der Waals surface area contributed by atoms with Crippen LogP contribution in [-0.2, 0) is 21.9 Å². The van der Waals surface area contributed by atoms with E-state index in [1.54, 1.807) is 24.0 Å². The van der Waals surface area contributed by atoms with E-state index in [0.717, 1.165) is 23.1 Å². The second-order valence-electron chi connectivity index (χ2n) is 7.67. The quantitative estimate of drug-likeness (QED) is 0.462. The zero-order valence-corrected chi connectivity index (χ0v) is 20.8. The van der Waals surface area contributed by atoms with Crippen molar-refractivity contribution in [1.82, 2.24) is 10.2 Å². The van der Waals surface area contributed by atoms with Crippen LogP contribution in [0.1, 0.15) is 43.9 Å². The number of rotatable bonds is 10. The first-order chi connectivity index (χ1) is 14.7. The van der Waals surface area contributed by atoms with Gasteiger partial charge in [-0.25, -0.2) is 0 Å². The summed E-state index contributed by atoms with van der Waals surface area (Å²) in [5.41, 5.74) is 3.05. The van der Waals surface area contributed by atoms with Crippen molar-refractivity contribution in [3.63, 3.8) is 0 Å². The number of hydrogen-bond acceptors (Lipinski definition) is 3. The van der Waals surface area contributed by atoms with Gasteiger partial charge < -0.3 is 10.2 Å². The second kappa shape index (κ2) is 12.4. The smallest absolute Gasteiger partial charge is 0.242 e. The Morgan fingerprint density at radius 3 is 2.45 bits per heavy atom. The van der Waals surface area contributed by atoms with Crippen molar-refractivity contribution in [2.24, 2.45) is 0 Å². The van der Waals surface area contributed by atoms with Crippen LogP contribution >= 0.6 is 35.0 Å². The highest BCUT2D eigenvalue weighted by molar-refractivity contribution is 7.99. The Morgan fingerprint density at radius 2 is 1.81 bits per heavy atom. The summed E-state index contributed by atoms with van der Waals surface area (Å²) >= 11 is 13.7. The number of halogens is 2. The Labute approximate surface area is 199 Å². The Morgan fingerprint density at radius 1 is 1.10 bits per heavy atom. The molecule has 2 rings (SSSR count). The number of carbonyl (C=O) groups is 2. The molecule has 0 bridgehead atoms. The largest absolute Gasteiger partial charge is 0.352 e. The molecule has 0 saturated carbocycles. The topological polar surface area (TPSA) is 49.4 Å². The first kappa shape index (κ1) is 25.6. The van der Waals surface area contributed by atoms with E-state index < -0.39 is 6.04 Å². The zero-order chi connectivity index (χ0) is 23.0. The minimum absolute atomic E-state index is 0.0618. The van der Waals surface area contributed by atoms with Crippen LogP contribution < -0.4 is 5.32 Å². The van der Waals surface area contributed by atoms with Gasteiger partial charge in [-0.1, -0.05) is 60.5 Å². The van der Waals surface area contributed by atoms with Crippen LogP contribution in [0.2, 0.25) is 10.0 Å². The van der Waals surface area contributed by atoms with Crippen LogP contribution in [0.3, 0.4) is 0 Å². The van der Waals surface area contributed by atoms with Crippen LogP contribution in [-0.4, -0.2) is 34.6 Å². The van der Waals surface area contributed by atoms with E-state index in [1.165, 1.54) is 11.8 Å². The summed E-state index contributed by atoms with van der Waals surface area (Å²) < 4.78 is 0. The molecular weight excluding hydrogens is 451 g/mol. The molecule has 0 aliphatic carbocycles. The molecule has 7 heteroatoms. The Hall–Kier alpha value is -1.69. The highest BCUT2D eigenvalue weighted by Crippen LogP contribution is 2.25. The van der Waals surface area contributed by atoms with E-state index >= 15 is 0 Å². The van der Waals surface area contributed by atoms with Gasteiger partial charge in [-0.2, -0.15) is 0 Å². The summed E-state index contributed by atoms with van der Waals surface area (Å²) in [5, 5.41) is 4.16. The molecule has 0 aromatic heterocycles. The normalized spacial score (nSPS) is 12.8. The molecule has 2 amide bonds. The average Bonchev–Trinajstić information content (AvgIpc) is 2.73. The van der Waals surface area contributed by atoms with Gasteiger partial charge in [0.15, 0.2) is 0 Å². The van der Waals surface area contributed by atoms with Crippen molar-refractivity contribution in [1.29, 1.82) is 0 Å². The van der Waals surface area contributed by atoms with Crippen molar-refractivity contribution >= 4 is 46.8 Å². The molecule has 0 saturated heterocycles. The van der Waals surface area contributed by atoms with E-state index in [1.807, 2.05) is 51.1 Å². The van der Waals surface area contributed by atoms with Crippen LogP contribution in [0, 0.1) is 6.92 Å². The Balaban J connectivity index is 2.11. The van der Waals surface area contributed by atoms with E-state index in [0.29, 0.717) is 22.3 Å². The van der Waals surface area contributed by atoms with E-state index in [2.05, 4.69) is 5.32 Å². The SMILES string of the molecule is CC[C@H](C)NC(=O)[C@H](C)N(Cc1ccccc1C)C(=O)CSCc1ccc(Cl)cc1Cl. The Bertz CT molecular complexity index is 907. The van der Waals surface area contributed by atoms with Gasteiger partial charge in [0, 0.05) is 28.4 Å². The maximum Gasteiger partial charge on any atom is 0.242 e. The third-order valence-electron chi connectivity index (χ3n) is 5.27. The highest BCUT2D eigenvalue weighted by Gasteiger charge is 2.27. The highest BCUT2D eigenvalue weighted by atomic mass is 35.5. The predicted octanol–water partition coefficient (Wildman–Crippen LogP) is 5.87. The summed E-state index contributed by atoms with van der Waals surface area (Å²) in [6.45, 7) is 8.17. The standard InChI is InChI=1S/C24H30Cl2N2O2S/c1-5-17(3)27-24(30)18(4)28(13-19-9-7-6-8-16(19)2)23(29)15-31-14-20-10-11-21(25)12-22(20)26/h6-12,17-18H,5,13-15H2,1-4H3,(H,27,30)/t17-,18-/m0/s1. The fourth-order valence-electron chi connectivity index (χ4n) is 2.99. The maximum absolute atomic E-state index is 13.2. The fourth-order valence-corrected chi connectivity index (χ4v) is 4.46. The zero-order valence-electron chi connectivity index (χ0n) is 18.5. The van der Waals surface area contributed by atoms with Gasteiger partial charge >= 0.3 is 0 Å². The first-order valence-electron chi connectivity index (χ1n) is 10.4. The van der Waals surface area contributed by atoms with Gasteiger partial charge in [-0.15, -0.1) is 11.8 Å². The van der Waals surface area contributed by atoms with Crippen LogP contribution in [0.25, 0.3) is 0 Å². The third-order valence-corrected chi connectivity index (χ3v) is 6.82. The van der Waals surface area contributed by atoms with Crippen molar-refractivity contribution in [3.8, 4) is 0 Å².